The monoisotopic (exact) mass is 632 g/mol. The van der Waals surface area contributed by atoms with Crippen molar-refractivity contribution in [1.82, 2.24) is 15.0 Å². The highest BCUT2D eigenvalue weighted by atomic mass is 32.1. The number of nitrogens with two attached hydrogens (primary N) is 1. The Labute approximate surface area is 268 Å². The van der Waals surface area contributed by atoms with E-state index in [2.05, 4.69) is 62.1 Å². The van der Waals surface area contributed by atoms with Gasteiger partial charge < -0.3 is 26.6 Å². The number of rotatable bonds is 14. The minimum Gasteiger partial charge on any atom is -0.369 e. The predicted molar refractivity (Wildman–Crippen MR) is 189 cm³/mol. The molecule has 3 rings (SSSR count). The van der Waals surface area contributed by atoms with Crippen molar-refractivity contribution in [1.29, 1.82) is 0 Å². The molecule has 0 aromatic carbocycles. The maximum absolute atomic E-state index is 8.38. The fourth-order valence-corrected chi connectivity index (χ4v) is 5.24. The first kappa shape index (κ1) is 40.4. The average molecular weight is 633 g/mol. The van der Waals surface area contributed by atoms with Crippen LogP contribution in [-0.2, 0) is 6.54 Å². The van der Waals surface area contributed by atoms with Crippen LogP contribution >= 0.6 is 22.7 Å². The van der Waals surface area contributed by atoms with Crippen LogP contribution in [0.15, 0.2) is 42.8 Å². The zero-order valence-electron chi connectivity index (χ0n) is 27.7. The first-order valence-electron chi connectivity index (χ1n) is 15.2. The van der Waals surface area contributed by atoms with Crippen LogP contribution in [0.4, 0.5) is 11.8 Å². The molecule has 0 saturated carbocycles. The lowest BCUT2D eigenvalue weighted by molar-refractivity contribution is -0.145. The fraction of sp³-hybridized carbons (Fsp3) is 0.545. The van der Waals surface area contributed by atoms with Gasteiger partial charge in [-0.05, 0) is 77.3 Å². The molecular formula is C33H56N6O2S2. The molecule has 6 N–H and O–H groups in total. The van der Waals surface area contributed by atoms with Crippen molar-refractivity contribution in [3.63, 3.8) is 0 Å². The number of nitrogens with zero attached hydrogens (tertiary/aromatic N) is 3. The van der Waals surface area contributed by atoms with Crippen LogP contribution in [-0.4, -0.2) is 44.0 Å². The highest BCUT2D eigenvalue weighted by Gasteiger charge is 2.18. The highest BCUT2D eigenvalue weighted by molar-refractivity contribution is 7.15. The molecule has 1 atom stereocenters. The zero-order chi connectivity index (χ0) is 32.8. The second-order valence-electron chi connectivity index (χ2n) is 9.95. The molecule has 43 heavy (non-hydrogen) atoms. The highest BCUT2D eigenvalue weighted by Crippen LogP contribution is 2.34. The molecule has 1 unspecified atom stereocenters. The van der Waals surface area contributed by atoms with Crippen molar-refractivity contribution in [2.45, 2.75) is 99.8 Å². The van der Waals surface area contributed by atoms with Gasteiger partial charge in [0.15, 0.2) is 5.79 Å². The summed E-state index contributed by atoms with van der Waals surface area (Å²) in [4.78, 5) is 16.8. The van der Waals surface area contributed by atoms with Gasteiger partial charge in [-0.1, -0.05) is 65.5 Å². The van der Waals surface area contributed by atoms with E-state index in [9.17, 15) is 0 Å². The molecular weight excluding hydrogens is 577 g/mol. The number of allylic oxidation sites excluding steroid dienone is 2. The van der Waals surface area contributed by atoms with E-state index in [0.29, 0.717) is 18.3 Å². The molecule has 3 heterocycles. The quantitative estimate of drug-likeness (QED) is 0.0683. The summed E-state index contributed by atoms with van der Waals surface area (Å²) in [5.74, 6) is 0.647. The van der Waals surface area contributed by atoms with E-state index in [1.807, 2.05) is 20.8 Å². The van der Waals surface area contributed by atoms with Crippen LogP contribution in [0.3, 0.4) is 0 Å². The Balaban J connectivity index is 0.00000125. The first-order valence-corrected chi connectivity index (χ1v) is 16.9. The van der Waals surface area contributed by atoms with Gasteiger partial charge in [0.05, 0.1) is 23.5 Å². The number of anilines is 2. The summed E-state index contributed by atoms with van der Waals surface area (Å²) in [5, 5.41) is 26.8. The van der Waals surface area contributed by atoms with Gasteiger partial charge in [0.1, 0.15) is 10.8 Å². The number of hydrogen-bond acceptors (Lipinski definition) is 10. The van der Waals surface area contributed by atoms with Gasteiger partial charge >= 0.3 is 0 Å². The van der Waals surface area contributed by atoms with E-state index in [4.69, 9.17) is 30.9 Å². The number of aryl methyl sites for hydroxylation is 3. The number of aliphatic hydroxyl groups is 2. The lowest BCUT2D eigenvalue weighted by Crippen LogP contribution is -2.20. The number of hydrogen-bond donors (Lipinski definition) is 5. The minimum atomic E-state index is -1.46. The summed E-state index contributed by atoms with van der Waals surface area (Å²) >= 11 is 3.43. The van der Waals surface area contributed by atoms with Crippen LogP contribution in [0.1, 0.15) is 87.9 Å². The zero-order valence-corrected chi connectivity index (χ0v) is 29.3. The molecule has 0 spiro atoms. The van der Waals surface area contributed by atoms with Gasteiger partial charge in [-0.25, -0.2) is 9.97 Å². The van der Waals surface area contributed by atoms with Gasteiger partial charge in [0.25, 0.3) is 0 Å². The second-order valence-corrected chi connectivity index (χ2v) is 12.2. The van der Waals surface area contributed by atoms with E-state index >= 15 is 0 Å². The van der Waals surface area contributed by atoms with Crippen molar-refractivity contribution in [2.75, 3.05) is 23.7 Å². The SMILES string of the molecule is C=CC=C.CC.CCC(C)(O)O.CCCC(CN)CCCNc1nc(NCc2cccs2)nc(C)c1-c1nc(C)c(C)s1. The molecule has 0 bridgehead atoms. The number of aromatic nitrogens is 3. The normalized spacial score (nSPS) is 11.0. The molecule has 10 heteroatoms. The van der Waals surface area contributed by atoms with Crippen LogP contribution in [0, 0.1) is 26.7 Å². The third-order valence-corrected chi connectivity index (χ3v) is 8.25. The summed E-state index contributed by atoms with van der Waals surface area (Å²) < 4.78 is 0. The molecule has 3 aromatic heterocycles. The Morgan fingerprint density at radius 2 is 1.67 bits per heavy atom. The van der Waals surface area contributed by atoms with Crippen LogP contribution in [0.5, 0.6) is 0 Å². The van der Waals surface area contributed by atoms with Crippen LogP contribution in [0.25, 0.3) is 10.6 Å². The Morgan fingerprint density at radius 3 is 2.14 bits per heavy atom. The van der Waals surface area contributed by atoms with E-state index in [-0.39, 0.29) is 0 Å². The number of thiophene rings is 1. The van der Waals surface area contributed by atoms with Crippen molar-refractivity contribution in [3.05, 3.63) is 64.0 Å². The largest absolute Gasteiger partial charge is 0.369 e. The lowest BCUT2D eigenvalue weighted by Gasteiger charge is -2.16. The molecule has 0 saturated heterocycles. The maximum atomic E-state index is 8.38. The Bertz CT molecular complexity index is 1130. The lowest BCUT2D eigenvalue weighted by atomic mass is 9.98. The third-order valence-electron chi connectivity index (χ3n) is 6.28. The maximum Gasteiger partial charge on any atom is 0.225 e. The minimum absolute atomic E-state index is 0.382. The fourth-order valence-electron chi connectivity index (χ4n) is 3.58. The van der Waals surface area contributed by atoms with E-state index in [1.54, 1.807) is 41.7 Å². The van der Waals surface area contributed by atoms with Crippen LogP contribution in [0.2, 0.25) is 0 Å². The number of thiazole rings is 1. The molecule has 0 fully saturated rings. The molecule has 8 nitrogen and oxygen atoms in total. The Kier molecular flexibility index (Phi) is 21.4. The molecule has 0 aliphatic carbocycles. The summed E-state index contributed by atoms with van der Waals surface area (Å²) in [6.07, 6.45) is 8.25. The standard InChI is InChI=1S/C23H34N6S2.C4H10O2.C4H6.C2H6/c1-5-8-18(13-24)9-6-11-25-21-20(22-27-15(2)17(4)31-22)16(3)28-23(29-21)26-14-19-10-7-12-30-19;1-3-4(2,5)6;1-3-4-2;1-2/h7,10,12,18H,5-6,8-9,11,13-14,24H2,1-4H3,(H2,25,26,28,29);5-6H,3H2,1-2H3;3-4H,1-2H2;1-2H3. The van der Waals surface area contributed by atoms with Crippen molar-refractivity contribution in [3.8, 4) is 10.6 Å². The van der Waals surface area contributed by atoms with Crippen molar-refractivity contribution in [2.24, 2.45) is 11.7 Å². The first-order chi connectivity index (χ1) is 20.5. The van der Waals surface area contributed by atoms with Gasteiger partial charge in [-0.15, -0.1) is 22.7 Å². The van der Waals surface area contributed by atoms with Crippen molar-refractivity contribution < 1.29 is 10.2 Å². The molecule has 0 aliphatic heterocycles. The molecule has 242 valence electrons. The third kappa shape index (κ3) is 16.7. The summed E-state index contributed by atoms with van der Waals surface area (Å²) in [6.45, 7) is 24.6. The van der Waals surface area contributed by atoms with Crippen molar-refractivity contribution >= 4 is 34.4 Å². The van der Waals surface area contributed by atoms with Crippen LogP contribution < -0.4 is 16.4 Å². The summed E-state index contributed by atoms with van der Waals surface area (Å²) in [7, 11) is 0. The van der Waals surface area contributed by atoms with Gasteiger partial charge in [0.2, 0.25) is 5.95 Å². The van der Waals surface area contributed by atoms with Gasteiger partial charge in [-0.2, -0.15) is 4.98 Å². The average Bonchev–Trinajstić information content (AvgIpc) is 3.63. The van der Waals surface area contributed by atoms with E-state index in [1.165, 1.54) is 29.5 Å². The smallest absolute Gasteiger partial charge is 0.225 e. The van der Waals surface area contributed by atoms with Gasteiger partial charge in [0, 0.05) is 16.3 Å². The summed E-state index contributed by atoms with van der Waals surface area (Å²) in [5.41, 5.74) is 8.93. The second kappa shape index (κ2) is 22.8. The Hall–Kier alpha value is -2.63. The van der Waals surface area contributed by atoms with E-state index in [0.717, 1.165) is 60.3 Å². The molecule has 0 radical (unpaired) electrons. The predicted octanol–water partition coefficient (Wildman–Crippen LogP) is 8.25. The number of nitrogens with one attached hydrogen (secondary N) is 2. The topological polar surface area (TPSA) is 129 Å². The summed E-state index contributed by atoms with van der Waals surface area (Å²) in [6, 6.07) is 4.17. The van der Waals surface area contributed by atoms with Gasteiger partial charge in [-0.3, -0.25) is 0 Å². The molecule has 0 aliphatic rings. The molecule has 0 amide bonds. The van der Waals surface area contributed by atoms with E-state index < -0.39 is 5.79 Å². The Morgan fingerprint density at radius 1 is 1.02 bits per heavy atom. The molecule has 3 aromatic rings.